The molecular weight excluding hydrogens is 298 g/mol. The second-order valence-electron chi connectivity index (χ2n) is 5.59. The average molecular weight is 316 g/mol. The van der Waals surface area contributed by atoms with Gasteiger partial charge in [-0.3, -0.25) is 4.79 Å². The lowest BCUT2D eigenvalue weighted by Crippen LogP contribution is -2.49. The molecule has 0 atom stereocenters. The summed E-state index contributed by atoms with van der Waals surface area (Å²) in [5.74, 6) is -0.701. The van der Waals surface area contributed by atoms with Gasteiger partial charge in [-0.2, -0.15) is 0 Å². The quantitative estimate of drug-likeness (QED) is 0.869. The molecule has 3 rings (SSSR count). The van der Waals surface area contributed by atoms with E-state index in [4.69, 9.17) is 0 Å². The fraction of sp³-hybridized carbons (Fsp3) is 0.278. The molecule has 3 nitrogen and oxygen atoms in total. The molecule has 0 aromatic heterocycles. The maximum absolute atomic E-state index is 13.8. The Morgan fingerprint density at radius 2 is 1.48 bits per heavy atom. The van der Waals surface area contributed by atoms with Crippen LogP contribution in [0.4, 0.5) is 14.5 Å². The molecule has 1 saturated heterocycles. The third-order valence-electron chi connectivity index (χ3n) is 4.13. The Labute approximate surface area is 134 Å². The van der Waals surface area contributed by atoms with Crippen molar-refractivity contribution in [3.63, 3.8) is 0 Å². The zero-order valence-electron chi connectivity index (χ0n) is 12.7. The molecule has 1 aliphatic rings. The largest absolute Gasteiger partial charge is 0.366 e. The van der Waals surface area contributed by atoms with Gasteiger partial charge in [0.25, 0.3) is 0 Å². The first-order valence-electron chi connectivity index (χ1n) is 7.66. The van der Waals surface area contributed by atoms with Crippen molar-refractivity contribution in [2.24, 2.45) is 0 Å². The number of amides is 1. The van der Waals surface area contributed by atoms with Crippen LogP contribution in [0.5, 0.6) is 0 Å². The number of halogens is 2. The van der Waals surface area contributed by atoms with E-state index in [0.29, 0.717) is 37.4 Å². The summed E-state index contributed by atoms with van der Waals surface area (Å²) in [7, 11) is 0. The maximum atomic E-state index is 13.8. The number of piperazine rings is 1. The van der Waals surface area contributed by atoms with Crippen molar-refractivity contribution in [3.8, 4) is 0 Å². The van der Waals surface area contributed by atoms with Gasteiger partial charge in [0.15, 0.2) is 0 Å². The molecule has 0 bridgehead atoms. The van der Waals surface area contributed by atoms with E-state index in [9.17, 15) is 13.6 Å². The van der Waals surface area contributed by atoms with Crippen LogP contribution in [0.3, 0.4) is 0 Å². The van der Waals surface area contributed by atoms with Gasteiger partial charge in [-0.25, -0.2) is 8.78 Å². The first-order valence-corrected chi connectivity index (χ1v) is 7.66. The predicted molar refractivity (Wildman–Crippen MR) is 85.3 cm³/mol. The van der Waals surface area contributed by atoms with Crippen molar-refractivity contribution in [2.75, 3.05) is 31.1 Å². The van der Waals surface area contributed by atoms with E-state index in [0.717, 1.165) is 0 Å². The summed E-state index contributed by atoms with van der Waals surface area (Å²) >= 11 is 0. The highest BCUT2D eigenvalue weighted by atomic mass is 19.1. The molecule has 1 fully saturated rings. The summed E-state index contributed by atoms with van der Waals surface area (Å²) < 4.78 is 27.4. The molecule has 120 valence electrons. The second kappa shape index (κ2) is 6.77. The van der Waals surface area contributed by atoms with Gasteiger partial charge in [0.05, 0.1) is 12.1 Å². The van der Waals surface area contributed by atoms with Crippen LogP contribution in [-0.2, 0) is 11.2 Å². The molecule has 1 heterocycles. The first kappa shape index (κ1) is 15.5. The van der Waals surface area contributed by atoms with E-state index in [1.165, 1.54) is 12.1 Å². The van der Waals surface area contributed by atoms with Crippen LogP contribution in [0.25, 0.3) is 0 Å². The highest BCUT2D eigenvalue weighted by Gasteiger charge is 2.23. The normalized spacial score (nSPS) is 14.9. The Morgan fingerprint density at radius 3 is 2.13 bits per heavy atom. The number of carbonyl (C=O) groups excluding carboxylic acids is 1. The Balaban J connectivity index is 1.60. The number of hydrogen-bond acceptors (Lipinski definition) is 2. The van der Waals surface area contributed by atoms with Crippen LogP contribution in [0, 0.1) is 11.6 Å². The third-order valence-corrected chi connectivity index (χ3v) is 4.13. The van der Waals surface area contributed by atoms with Crippen LogP contribution in [-0.4, -0.2) is 37.0 Å². The summed E-state index contributed by atoms with van der Waals surface area (Å²) in [6.45, 7) is 2.18. The molecule has 2 aromatic rings. The van der Waals surface area contributed by atoms with E-state index < -0.39 is 0 Å². The number of benzene rings is 2. The standard InChI is InChI=1S/C18H18F2N2O/c19-15-6-2-1-5-14(15)13-18(23)22-11-9-21(10-12-22)17-8-4-3-7-16(17)20/h1-8H,9-13H2. The fourth-order valence-electron chi connectivity index (χ4n) is 2.82. The van der Waals surface area contributed by atoms with Gasteiger partial charge >= 0.3 is 0 Å². The molecule has 0 radical (unpaired) electrons. The summed E-state index contributed by atoms with van der Waals surface area (Å²) in [5.41, 5.74) is 0.975. The monoisotopic (exact) mass is 316 g/mol. The molecule has 1 aliphatic heterocycles. The highest BCUT2D eigenvalue weighted by molar-refractivity contribution is 5.79. The van der Waals surface area contributed by atoms with E-state index in [1.54, 1.807) is 41.3 Å². The number of nitrogens with zero attached hydrogens (tertiary/aromatic N) is 2. The number of anilines is 1. The Hall–Kier alpha value is -2.43. The Morgan fingerprint density at radius 1 is 0.870 bits per heavy atom. The number of hydrogen-bond donors (Lipinski definition) is 0. The molecule has 0 unspecified atom stereocenters. The lowest BCUT2D eigenvalue weighted by Gasteiger charge is -2.36. The van der Waals surface area contributed by atoms with Crippen molar-refractivity contribution in [3.05, 3.63) is 65.7 Å². The Kier molecular flexibility index (Phi) is 4.55. The van der Waals surface area contributed by atoms with Gasteiger partial charge in [0, 0.05) is 26.2 Å². The molecule has 0 aliphatic carbocycles. The molecule has 5 heteroatoms. The number of rotatable bonds is 3. The number of carbonyl (C=O) groups is 1. The minimum Gasteiger partial charge on any atom is -0.366 e. The maximum Gasteiger partial charge on any atom is 0.227 e. The topological polar surface area (TPSA) is 23.6 Å². The van der Waals surface area contributed by atoms with Gasteiger partial charge in [-0.05, 0) is 23.8 Å². The van der Waals surface area contributed by atoms with Crippen LogP contribution in [0.2, 0.25) is 0 Å². The molecule has 0 N–H and O–H groups in total. The van der Waals surface area contributed by atoms with Crippen molar-refractivity contribution >= 4 is 11.6 Å². The van der Waals surface area contributed by atoms with Gasteiger partial charge in [0.2, 0.25) is 5.91 Å². The third kappa shape index (κ3) is 3.50. The lowest BCUT2D eigenvalue weighted by atomic mass is 10.1. The first-order chi connectivity index (χ1) is 11.1. The molecule has 2 aromatic carbocycles. The van der Waals surface area contributed by atoms with Gasteiger partial charge < -0.3 is 9.80 Å². The van der Waals surface area contributed by atoms with Crippen LogP contribution in [0.15, 0.2) is 48.5 Å². The summed E-state index contributed by atoms with van der Waals surface area (Å²) in [4.78, 5) is 15.9. The molecule has 23 heavy (non-hydrogen) atoms. The molecule has 0 spiro atoms. The van der Waals surface area contributed by atoms with Crippen molar-refractivity contribution < 1.29 is 13.6 Å². The molecule has 0 saturated carbocycles. The summed E-state index contributed by atoms with van der Waals surface area (Å²) in [6, 6.07) is 13.0. The minimum atomic E-state index is -0.356. The molecule has 1 amide bonds. The van der Waals surface area contributed by atoms with Crippen LogP contribution >= 0.6 is 0 Å². The SMILES string of the molecule is O=C(Cc1ccccc1F)N1CCN(c2ccccc2F)CC1. The van der Waals surface area contributed by atoms with Crippen molar-refractivity contribution in [1.29, 1.82) is 0 Å². The van der Waals surface area contributed by atoms with E-state index >= 15 is 0 Å². The number of para-hydroxylation sites is 1. The van der Waals surface area contributed by atoms with Gasteiger partial charge in [-0.1, -0.05) is 30.3 Å². The van der Waals surface area contributed by atoms with Gasteiger partial charge in [0.1, 0.15) is 11.6 Å². The van der Waals surface area contributed by atoms with Crippen LogP contribution in [0.1, 0.15) is 5.56 Å². The zero-order chi connectivity index (χ0) is 16.2. The minimum absolute atomic E-state index is 0.0619. The van der Waals surface area contributed by atoms with Gasteiger partial charge in [-0.15, -0.1) is 0 Å². The van der Waals surface area contributed by atoms with Crippen molar-refractivity contribution in [2.45, 2.75) is 6.42 Å². The average Bonchev–Trinajstić information content (AvgIpc) is 2.57. The van der Waals surface area contributed by atoms with Crippen LogP contribution < -0.4 is 4.90 Å². The Bertz CT molecular complexity index is 697. The second-order valence-corrected chi connectivity index (χ2v) is 5.59. The zero-order valence-corrected chi connectivity index (χ0v) is 12.7. The van der Waals surface area contributed by atoms with E-state index in [1.807, 2.05) is 4.90 Å². The lowest BCUT2D eigenvalue weighted by molar-refractivity contribution is -0.130. The smallest absolute Gasteiger partial charge is 0.227 e. The fourth-order valence-corrected chi connectivity index (χ4v) is 2.82. The van der Waals surface area contributed by atoms with E-state index in [2.05, 4.69) is 0 Å². The van der Waals surface area contributed by atoms with Crippen molar-refractivity contribution in [1.82, 2.24) is 4.90 Å². The molecular formula is C18H18F2N2O. The summed E-state index contributed by atoms with van der Waals surface area (Å²) in [6.07, 6.45) is 0.0619. The predicted octanol–water partition coefficient (Wildman–Crippen LogP) is 2.86. The van der Waals surface area contributed by atoms with E-state index in [-0.39, 0.29) is 24.0 Å². The highest BCUT2D eigenvalue weighted by Crippen LogP contribution is 2.20. The summed E-state index contributed by atoms with van der Waals surface area (Å²) in [5, 5.41) is 0.